The van der Waals surface area contributed by atoms with Crippen LogP contribution in [0.25, 0.3) is 0 Å². The molecule has 8 nitrogen and oxygen atoms in total. The number of ether oxygens (including phenoxy) is 3. The number of ketones is 1. The van der Waals surface area contributed by atoms with Crippen LogP contribution in [0.5, 0.6) is 5.75 Å². The zero-order valence-corrected chi connectivity index (χ0v) is 21.1. The smallest absolute Gasteiger partial charge is 0.411 e. The lowest BCUT2D eigenvalue weighted by molar-refractivity contribution is -0.119. The van der Waals surface area contributed by atoms with Crippen molar-refractivity contribution >= 4 is 21.7 Å². The minimum Gasteiger partial charge on any atom is -0.490 e. The highest BCUT2D eigenvalue weighted by atomic mass is 32.2. The second-order valence-electron chi connectivity index (χ2n) is 8.65. The molecule has 1 saturated carbocycles. The van der Waals surface area contributed by atoms with Gasteiger partial charge in [0.25, 0.3) is 0 Å². The van der Waals surface area contributed by atoms with Crippen molar-refractivity contribution in [2.24, 2.45) is 5.92 Å². The second kappa shape index (κ2) is 13.6. The quantitative estimate of drug-likeness (QED) is 0.250. The van der Waals surface area contributed by atoms with Crippen LogP contribution in [0.2, 0.25) is 0 Å². The first-order valence-corrected chi connectivity index (χ1v) is 13.6. The number of halogens is 1. The third-order valence-corrected chi connectivity index (χ3v) is 7.30. The van der Waals surface area contributed by atoms with Crippen molar-refractivity contribution < 1.29 is 36.6 Å². The molecule has 34 heavy (non-hydrogen) atoms. The fraction of sp³-hybridized carbons (Fsp3) is 0.667. The Morgan fingerprint density at radius 2 is 1.97 bits per heavy atom. The molecule has 0 N–H and O–H groups in total. The molecule has 0 heterocycles. The molecule has 1 fully saturated rings. The molecule has 0 bridgehead atoms. The van der Waals surface area contributed by atoms with E-state index >= 15 is 0 Å². The lowest BCUT2D eigenvalue weighted by Gasteiger charge is -2.20. The first-order chi connectivity index (χ1) is 16.1. The minimum absolute atomic E-state index is 0.0590. The fourth-order valence-corrected chi connectivity index (χ4v) is 5.18. The zero-order chi connectivity index (χ0) is 25.1. The van der Waals surface area contributed by atoms with Crippen LogP contribution in [-0.4, -0.2) is 69.8 Å². The summed E-state index contributed by atoms with van der Waals surface area (Å²) in [6.07, 6.45) is 2.37. The number of carbonyl (C=O) groups is 2. The van der Waals surface area contributed by atoms with E-state index in [-0.39, 0.29) is 61.9 Å². The van der Waals surface area contributed by atoms with Gasteiger partial charge in [-0.1, -0.05) is 13.0 Å². The highest BCUT2D eigenvalue weighted by Gasteiger charge is 2.24. The molecule has 1 aromatic rings. The van der Waals surface area contributed by atoms with Crippen LogP contribution in [-0.2, 0) is 24.1 Å². The Labute approximate surface area is 201 Å². The summed E-state index contributed by atoms with van der Waals surface area (Å²) in [5.41, 5.74) is 0.740. The van der Waals surface area contributed by atoms with Crippen LogP contribution in [0.15, 0.2) is 18.2 Å². The Morgan fingerprint density at radius 1 is 1.24 bits per heavy atom. The molecule has 10 heteroatoms. The molecule has 0 spiro atoms. The van der Waals surface area contributed by atoms with Crippen molar-refractivity contribution in [2.75, 3.05) is 44.6 Å². The number of carbonyl (C=O) groups excluding carboxylic acids is 2. The Balaban J connectivity index is 1.84. The number of benzene rings is 1. The number of amides is 1. The van der Waals surface area contributed by atoms with E-state index in [4.69, 9.17) is 14.2 Å². The lowest BCUT2D eigenvalue weighted by Crippen LogP contribution is -2.37. The summed E-state index contributed by atoms with van der Waals surface area (Å²) in [4.78, 5) is 24.3. The van der Waals surface area contributed by atoms with E-state index in [0.717, 1.165) is 23.3 Å². The maximum Gasteiger partial charge on any atom is 0.411 e. The van der Waals surface area contributed by atoms with Gasteiger partial charge >= 0.3 is 6.09 Å². The monoisotopic (exact) mass is 501 g/mol. The summed E-state index contributed by atoms with van der Waals surface area (Å²) < 4.78 is 55.4. The normalized spacial score (nSPS) is 14.5. The highest BCUT2D eigenvalue weighted by molar-refractivity contribution is 7.91. The van der Waals surface area contributed by atoms with E-state index in [0.29, 0.717) is 18.9 Å². The van der Waals surface area contributed by atoms with Gasteiger partial charge in [-0.25, -0.2) is 17.6 Å². The molecule has 0 aliphatic heterocycles. The zero-order valence-electron chi connectivity index (χ0n) is 20.3. The molecule has 0 aromatic heterocycles. The molecule has 1 aromatic carbocycles. The van der Waals surface area contributed by atoms with Gasteiger partial charge in [-0.15, -0.1) is 0 Å². The maximum absolute atomic E-state index is 14.1. The number of sulfone groups is 1. The fourth-order valence-electron chi connectivity index (χ4n) is 3.42. The summed E-state index contributed by atoms with van der Waals surface area (Å²) in [6.45, 7) is 5.38. The Morgan fingerprint density at radius 3 is 2.59 bits per heavy atom. The molecular formula is C24H36FNO7S. The molecule has 2 rings (SSSR count). The number of hydrogen-bond donors (Lipinski definition) is 0. The summed E-state index contributed by atoms with van der Waals surface area (Å²) in [5, 5.41) is 0. The van der Waals surface area contributed by atoms with Gasteiger partial charge in [0.1, 0.15) is 12.5 Å². The molecule has 192 valence electrons. The molecule has 1 aliphatic carbocycles. The average Bonchev–Trinajstić information content (AvgIpc) is 3.60. The molecule has 1 aliphatic rings. The molecule has 1 atom stereocenters. The summed E-state index contributed by atoms with van der Waals surface area (Å²) >= 11 is 0. The van der Waals surface area contributed by atoms with Crippen LogP contribution >= 0.6 is 0 Å². The average molecular weight is 502 g/mol. The number of Topliss-reactive ketones (excluding diaryl/α,β-unsaturated/α-hetero) is 1. The number of rotatable bonds is 16. The van der Waals surface area contributed by atoms with E-state index in [1.54, 1.807) is 19.1 Å². The third-order valence-electron chi connectivity index (χ3n) is 5.48. The van der Waals surface area contributed by atoms with Crippen LogP contribution in [0.3, 0.4) is 0 Å². The van der Waals surface area contributed by atoms with Crippen LogP contribution < -0.4 is 4.74 Å². The molecular weight excluding hydrogens is 465 g/mol. The van der Waals surface area contributed by atoms with Crippen LogP contribution in [0.4, 0.5) is 9.18 Å². The number of hydrogen-bond acceptors (Lipinski definition) is 7. The first kappa shape index (κ1) is 28.0. The van der Waals surface area contributed by atoms with E-state index in [9.17, 15) is 22.4 Å². The second-order valence-corrected chi connectivity index (χ2v) is 10.9. The highest BCUT2D eigenvalue weighted by Crippen LogP contribution is 2.32. The van der Waals surface area contributed by atoms with Crippen molar-refractivity contribution in [2.45, 2.75) is 52.4 Å². The predicted molar refractivity (Wildman–Crippen MR) is 126 cm³/mol. The molecule has 0 radical (unpaired) electrons. The Bertz CT molecular complexity index is 918. The standard InChI is InChI=1S/C24H36FNO7S/c1-4-20(21-9-10-22(25)23(13-21)33-15-19-7-8-19)16-34(29,30)12-6-11-31-17-26(14-18(3)27)24(28)32-5-2/h9-10,13,19-20H,4-8,11-12,14-17H2,1-3H3/t20-/m0/s1. The summed E-state index contributed by atoms with van der Waals surface area (Å²) in [5.74, 6) is -0.416. The maximum atomic E-state index is 14.1. The molecule has 0 unspecified atom stereocenters. The van der Waals surface area contributed by atoms with E-state index in [1.807, 2.05) is 6.92 Å². The topological polar surface area (TPSA) is 99.2 Å². The van der Waals surface area contributed by atoms with Crippen molar-refractivity contribution in [3.8, 4) is 5.75 Å². The van der Waals surface area contributed by atoms with Crippen molar-refractivity contribution in [3.63, 3.8) is 0 Å². The summed E-state index contributed by atoms with van der Waals surface area (Å²) in [7, 11) is -3.40. The van der Waals surface area contributed by atoms with Gasteiger partial charge in [-0.2, -0.15) is 0 Å². The van der Waals surface area contributed by atoms with Gasteiger partial charge in [0.15, 0.2) is 21.4 Å². The van der Waals surface area contributed by atoms with Crippen molar-refractivity contribution in [1.29, 1.82) is 0 Å². The van der Waals surface area contributed by atoms with Gasteiger partial charge in [0.2, 0.25) is 0 Å². The first-order valence-electron chi connectivity index (χ1n) is 11.8. The van der Waals surface area contributed by atoms with E-state index in [1.165, 1.54) is 13.0 Å². The Hall–Kier alpha value is -2.20. The summed E-state index contributed by atoms with van der Waals surface area (Å²) in [6, 6.07) is 4.56. The van der Waals surface area contributed by atoms with Gasteiger partial charge in [0, 0.05) is 6.61 Å². The molecule has 1 amide bonds. The predicted octanol–water partition coefficient (Wildman–Crippen LogP) is 3.93. The van der Waals surface area contributed by atoms with Gasteiger partial charge in [-0.3, -0.25) is 9.69 Å². The van der Waals surface area contributed by atoms with Crippen LogP contribution in [0.1, 0.15) is 57.9 Å². The van der Waals surface area contributed by atoms with Gasteiger partial charge < -0.3 is 14.2 Å². The van der Waals surface area contributed by atoms with Crippen LogP contribution in [0, 0.1) is 11.7 Å². The van der Waals surface area contributed by atoms with Gasteiger partial charge in [0.05, 0.1) is 31.3 Å². The van der Waals surface area contributed by atoms with Crippen molar-refractivity contribution in [1.82, 2.24) is 4.90 Å². The SMILES string of the molecule is CCOC(=O)N(COCCCS(=O)(=O)C[C@H](CC)c1ccc(F)c(OCC2CC2)c1)CC(C)=O. The molecule has 0 saturated heterocycles. The van der Waals surface area contributed by atoms with E-state index in [2.05, 4.69) is 0 Å². The lowest BCUT2D eigenvalue weighted by atomic mass is 9.98. The number of nitrogens with zero attached hydrogens (tertiary/aromatic N) is 1. The minimum atomic E-state index is -3.40. The van der Waals surface area contributed by atoms with Crippen molar-refractivity contribution in [3.05, 3.63) is 29.6 Å². The largest absolute Gasteiger partial charge is 0.490 e. The third kappa shape index (κ3) is 9.97. The van der Waals surface area contributed by atoms with Gasteiger partial charge in [-0.05, 0) is 69.1 Å². The Kier molecular flexibility index (Phi) is 11.2. The van der Waals surface area contributed by atoms with E-state index < -0.39 is 21.7 Å².